The normalized spacial score (nSPS) is 20.3. The third kappa shape index (κ3) is 4.45. The number of carbonyl (C=O) groups is 1. The number of amides is 1. The van der Waals surface area contributed by atoms with Gasteiger partial charge in [-0.2, -0.15) is 13.2 Å². The van der Waals surface area contributed by atoms with Crippen molar-refractivity contribution in [3.05, 3.63) is 23.9 Å². The van der Waals surface area contributed by atoms with Gasteiger partial charge in [0.1, 0.15) is 11.9 Å². The summed E-state index contributed by atoms with van der Waals surface area (Å²) in [5.74, 6) is 5.29. The van der Waals surface area contributed by atoms with E-state index in [1.807, 2.05) is 0 Å². The van der Waals surface area contributed by atoms with Crippen molar-refractivity contribution in [2.24, 2.45) is 11.8 Å². The van der Waals surface area contributed by atoms with Crippen LogP contribution in [-0.2, 0) is 0 Å². The average molecular weight is 333 g/mol. The SMILES string of the molecule is NNc1ccc([C@H](N2CC[C@H](CNC(=O)O)C2)C(F)(F)F)cn1. The van der Waals surface area contributed by atoms with Gasteiger partial charge in [0.25, 0.3) is 0 Å². The smallest absolute Gasteiger partial charge is 0.408 e. The number of anilines is 1. The fourth-order valence-corrected chi connectivity index (χ4v) is 2.75. The highest BCUT2D eigenvalue weighted by molar-refractivity contribution is 5.64. The van der Waals surface area contributed by atoms with Gasteiger partial charge >= 0.3 is 12.3 Å². The van der Waals surface area contributed by atoms with Gasteiger partial charge in [-0.25, -0.2) is 15.6 Å². The van der Waals surface area contributed by atoms with Crippen LogP contribution in [0.25, 0.3) is 0 Å². The van der Waals surface area contributed by atoms with Crippen LogP contribution in [0, 0.1) is 5.92 Å². The standard InChI is InChI=1S/C13H18F3N5O2/c14-13(15,16)11(9-1-2-10(20-17)18-6-9)21-4-3-8(7-21)5-19-12(22)23/h1-2,6,8,11,19H,3-5,7,17H2,(H,18,20)(H,22,23)/t8-,11+/m1/s1. The average Bonchev–Trinajstić information content (AvgIpc) is 2.93. The van der Waals surface area contributed by atoms with E-state index in [1.54, 1.807) is 0 Å². The van der Waals surface area contributed by atoms with E-state index < -0.39 is 18.3 Å². The minimum absolute atomic E-state index is 0.0309. The van der Waals surface area contributed by atoms with Gasteiger partial charge in [0, 0.05) is 19.3 Å². The predicted octanol–water partition coefficient (Wildman–Crippen LogP) is 1.56. The van der Waals surface area contributed by atoms with Gasteiger partial charge in [-0.15, -0.1) is 0 Å². The van der Waals surface area contributed by atoms with E-state index in [4.69, 9.17) is 10.9 Å². The molecule has 7 nitrogen and oxygen atoms in total. The lowest BCUT2D eigenvalue weighted by atomic mass is 10.1. The Labute approximate surface area is 130 Å². The first-order valence-corrected chi connectivity index (χ1v) is 7.01. The lowest BCUT2D eigenvalue weighted by Crippen LogP contribution is -2.38. The molecule has 2 atom stereocenters. The van der Waals surface area contributed by atoms with Crippen LogP contribution in [0.2, 0.25) is 0 Å². The molecule has 5 N–H and O–H groups in total. The van der Waals surface area contributed by atoms with Gasteiger partial charge in [-0.3, -0.25) is 4.90 Å². The Balaban J connectivity index is 2.12. The number of nitrogen functional groups attached to an aromatic ring is 1. The maximum absolute atomic E-state index is 13.5. The first kappa shape index (κ1) is 17.3. The molecule has 1 fully saturated rings. The van der Waals surface area contributed by atoms with Gasteiger partial charge in [0.15, 0.2) is 0 Å². The van der Waals surface area contributed by atoms with Crippen molar-refractivity contribution >= 4 is 11.9 Å². The molecule has 0 saturated carbocycles. The summed E-state index contributed by atoms with van der Waals surface area (Å²) in [5.41, 5.74) is 2.30. The molecule has 0 aromatic carbocycles. The third-order valence-electron chi connectivity index (χ3n) is 3.78. The predicted molar refractivity (Wildman–Crippen MR) is 76.6 cm³/mol. The largest absolute Gasteiger partial charge is 0.465 e. The van der Waals surface area contributed by atoms with E-state index in [9.17, 15) is 18.0 Å². The Morgan fingerprint density at radius 2 is 2.26 bits per heavy atom. The molecule has 23 heavy (non-hydrogen) atoms. The third-order valence-corrected chi connectivity index (χ3v) is 3.78. The number of hydrogen-bond acceptors (Lipinski definition) is 5. The molecule has 0 radical (unpaired) electrons. The second-order valence-corrected chi connectivity index (χ2v) is 5.40. The van der Waals surface area contributed by atoms with Crippen LogP contribution in [0.3, 0.4) is 0 Å². The monoisotopic (exact) mass is 333 g/mol. The Bertz CT molecular complexity index is 537. The second-order valence-electron chi connectivity index (χ2n) is 5.40. The molecule has 0 unspecified atom stereocenters. The zero-order chi connectivity index (χ0) is 17.0. The maximum atomic E-state index is 13.5. The number of hydrazine groups is 1. The molecule has 1 aliphatic heterocycles. The molecular formula is C13H18F3N5O2. The summed E-state index contributed by atoms with van der Waals surface area (Å²) in [6.07, 6.45) is -3.97. The van der Waals surface area contributed by atoms with Crippen molar-refractivity contribution in [2.45, 2.75) is 18.6 Å². The highest BCUT2D eigenvalue weighted by Crippen LogP contribution is 2.40. The zero-order valence-electron chi connectivity index (χ0n) is 12.2. The first-order chi connectivity index (χ1) is 10.8. The van der Waals surface area contributed by atoms with Gasteiger partial charge in [0.05, 0.1) is 0 Å². The quantitative estimate of drug-likeness (QED) is 0.482. The zero-order valence-corrected chi connectivity index (χ0v) is 12.2. The number of carboxylic acid groups (broad SMARTS) is 1. The molecule has 1 aliphatic rings. The molecule has 0 bridgehead atoms. The van der Waals surface area contributed by atoms with Gasteiger partial charge in [0.2, 0.25) is 0 Å². The number of nitrogens with zero attached hydrogens (tertiary/aromatic N) is 2. The minimum Gasteiger partial charge on any atom is -0.465 e. The first-order valence-electron chi connectivity index (χ1n) is 7.01. The Kier molecular flexibility index (Phi) is 5.26. The van der Waals surface area contributed by atoms with Crippen LogP contribution in [0.5, 0.6) is 0 Å². The lowest BCUT2D eigenvalue weighted by Gasteiger charge is -2.30. The van der Waals surface area contributed by atoms with E-state index in [0.717, 1.165) is 6.20 Å². The van der Waals surface area contributed by atoms with E-state index in [1.165, 1.54) is 17.0 Å². The molecule has 1 aromatic rings. The minimum atomic E-state index is -4.45. The fraction of sp³-hybridized carbons (Fsp3) is 0.538. The highest BCUT2D eigenvalue weighted by atomic mass is 19.4. The van der Waals surface area contributed by atoms with Crippen molar-refractivity contribution < 1.29 is 23.1 Å². The Morgan fingerprint density at radius 3 is 2.78 bits per heavy atom. The fourth-order valence-electron chi connectivity index (χ4n) is 2.75. The molecule has 1 aromatic heterocycles. The van der Waals surface area contributed by atoms with E-state index in [2.05, 4.69) is 15.7 Å². The van der Waals surface area contributed by atoms with Crippen LogP contribution in [0.1, 0.15) is 18.0 Å². The summed E-state index contributed by atoms with van der Waals surface area (Å²) < 4.78 is 40.4. The number of halogens is 3. The van der Waals surface area contributed by atoms with Crippen molar-refractivity contribution in [3.63, 3.8) is 0 Å². The van der Waals surface area contributed by atoms with Gasteiger partial charge in [-0.1, -0.05) is 6.07 Å². The Morgan fingerprint density at radius 1 is 1.52 bits per heavy atom. The number of alkyl halides is 3. The maximum Gasteiger partial charge on any atom is 0.408 e. The second kappa shape index (κ2) is 7.01. The van der Waals surface area contributed by atoms with E-state index >= 15 is 0 Å². The summed E-state index contributed by atoms with van der Waals surface area (Å²) in [6.45, 7) is 0.555. The molecule has 10 heteroatoms. The molecule has 128 valence electrons. The molecule has 0 aliphatic carbocycles. The number of nitrogens with two attached hydrogens (primary N) is 1. The lowest BCUT2D eigenvalue weighted by molar-refractivity contribution is -0.184. The van der Waals surface area contributed by atoms with Crippen LogP contribution in [-0.4, -0.2) is 46.9 Å². The number of rotatable bonds is 5. The number of aromatic nitrogens is 1. The van der Waals surface area contributed by atoms with Crippen LogP contribution >= 0.6 is 0 Å². The number of nitrogens with one attached hydrogen (secondary N) is 2. The molecule has 1 amide bonds. The van der Waals surface area contributed by atoms with E-state index in [-0.39, 0.29) is 36.9 Å². The summed E-state index contributed by atoms with van der Waals surface area (Å²) in [4.78, 5) is 15.6. The van der Waals surface area contributed by atoms with E-state index in [0.29, 0.717) is 6.42 Å². The molecular weight excluding hydrogens is 315 g/mol. The molecule has 0 spiro atoms. The summed E-state index contributed by atoms with van der Waals surface area (Å²) in [7, 11) is 0. The molecule has 2 rings (SSSR count). The van der Waals surface area contributed by atoms with Gasteiger partial charge < -0.3 is 15.8 Å². The summed E-state index contributed by atoms with van der Waals surface area (Å²) >= 11 is 0. The van der Waals surface area contributed by atoms with Crippen LogP contribution in [0.4, 0.5) is 23.8 Å². The van der Waals surface area contributed by atoms with Crippen molar-refractivity contribution in [2.75, 3.05) is 25.1 Å². The number of likely N-dealkylation sites (tertiary alicyclic amines) is 1. The van der Waals surface area contributed by atoms with Crippen molar-refractivity contribution in [3.8, 4) is 0 Å². The number of pyridine rings is 1. The summed E-state index contributed by atoms with van der Waals surface area (Å²) in [5, 5.41) is 10.8. The van der Waals surface area contributed by atoms with Gasteiger partial charge in [-0.05, 0) is 30.5 Å². The molecule has 2 heterocycles. The van der Waals surface area contributed by atoms with Crippen LogP contribution in [0.15, 0.2) is 18.3 Å². The number of hydrogen-bond donors (Lipinski definition) is 4. The molecule has 1 saturated heterocycles. The van der Waals surface area contributed by atoms with Crippen LogP contribution < -0.4 is 16.6 Å². The Hall–Kier alpha value is -2.07. The van der Waals surface area contributed by atoms with Crippen molar-refractivity contribution in [1.29, 1.82) is 0 Å². The van der Waals surface area contributed by atoms with Crippen molar-refractivity contribution in [1.82, 2.24) is 15.2 Å². The highest BCUT2D eigenvalue weighted by Gasteiger charge is 2.46. The summed E-state index contributed by atoms with van der Waals surface area (Å²) in [6, 6.07) is 0.952. The topological polar surface area (TPSA) is 104 Å².